The Morgan fingerprint density at radius 1 is 0.952 bits per heavy atom. The molecule has 0 aliphatic rings. The van der Waals surface area contributed by atoms with Crippen molar-refractivity contribution in [3.8, 4) is 28.6 Å². The molecule has 0 radical (unpaired) electrons. The van der Waals surface area contributed by atoms with Gasteiger partial charge >= 0.3 is 6.92 Å². The molecule has 0 fully saturated rings. The van der Waals surface area contributed by atoms with Crippen molar-refractivity contribution < 1.29 is 14.7 Å². The van der Waals surface area contributed by atoms with Gasteiger partial charge in [-0.05, 0) is 29.7 Å². The molecule has 3 rings (SSSR count). The first-order chi connectivity index (χ1) is 10.1. The lowest BCUT2D eigenvalue weighted by atomic mass is 9.64. The minimum atomic E-state index is -0.503. The zero-order valence-electron chi connectivity index (χ0n) is 11.4. The Kier molecular flexibility index (Phi) is 3.45. The summed E-state index contributed by atoms with van der Waals surface area (Å²) in [5.41, 5.74) is 2.39. The van der Waals surface area contributed by atoms with Crippen LogP contribution in [0.5, 0.6) is 5.75 Å². The Labute approximate surface area is 122 Å². The van der Waals surface area contributed by atoms with Gasteiger partial charge in [0.15, 0.2) is 0 Å². The van der Waals surface area contributed by atoms with Gasteiger partial charge in [0.1, 0.15) is 5.75 Å². The normalized spacial score (nSPS) is 10.6. The van der Waals surface area contributed by atoms with E-state index in [0.29, 0.717) is 11.7 Å². The van der Waals surface area contributed by atoms with E-state index in [9.17, 15) is 10.1 Å². The molecular formula is C15H13BN2O3. The summed E-state index contributed by atoms with van der Waals surface area (Å²) < 4.78 is 5.23. The first-order valence-corrected chi connectivity index (χ1v) is 6.55. The number of phenolic OH excluding ortho intramolecular Hbond substituents is 1. The highest BCUT2D eigenvalue weighted by Crippen LogP contribution is 2.23. The Morgan fingerprint density at radius 3 is 2.19 bits per heavy atom. The average molecular weight is 280 g/mol. The largest absolute Gasteiger partial charge is 0.508 e. The molecule has 104 valence electrons. The smallest absolute Gasteiger partial charge is 0.320 e. The maximum atomic E-state index is 9.49. The molecule has 6 heteroatoms. The van der Waals surface area contributed by atoms with Gasteiger partial charge in [-0.2, -0.15) is 4.98 Å². The standard InChI is InChI=1S/C15H13BN2O3/c1-16(20)12-6-2-10(3-7-12)14-17-15(21-18-14)11-4-8-13(19)9-5-11/h2-9,19-20H,1H3. The third kappa shape index (κ3) is 2.80. The zero-order chi connectivity index (χ0) is 14.8. The van der Waals surface area contributed by atoms with Crippen molar-refractivity contribution in [2.45, 2.75) is 6.82 Å². The second-order valence-electron chi connectivity index (χ2n) is 4.77. The Balaban J connectivity index is 1.89. The van der Waals surface area contributed by atoms with Gasteiger partial charge in [0.25, 0.3) is 5.89 Å². The average Bonchev–Trinajstić information content (AvgIpc) is 2.98. The number of nitrogens with zero attached hydrogens (tertiary/aromatic N) is 2. The molecular weight excluding hydrogens is 267 g/mol. The van der Waals surface area contributed by atoms with Crippen LogP contribution in [0.25, 0.3) is 22.8 Å². The number of aromatic nitrogens is 2. The van der Waals surface area contributed by atoms with Gasteiger partial charge in [0.05, 0.1) is 0 Å². The molecule has 21 heavy (non-hydrogen) atoms. The molecule has 0 unspecified atom stereocenters. The summed E-state index contributed by atoms with van der Waals surface area (Å²) >= 11 is 0. The van der Waals surface area contributed by atoms with Crippen LogP contribution >= 0.6 is 0 Å². The van der Waals surface area contributed by atoms with E-state index in [4.69, 9.17) is 4.52 Å². The maximum Gasteiger partial charge on any atom is 0.320 e. The van der Waals surface area contributed by atoms with Crippen LogP contribution in [0.4, 0.5) is 0 Å². The van der Waals surface area contributed by atoms with E-state index in [0.717, 1.165) is 16.6 Å². The fraction of sp³-hybridized carbons (Fsp3) is 0.0667. The van der Waals surface area contributed by atoms with E-state index in [2.05, 4.69) is 10.1 Å². The molecule has 0 aliphatic carbocycles. The Hall–Kier alpha value is -2.60. The molecule has 3 aromatic rings. The summed E-state index contributed by atoms with van der Waals surface area (Å²) in [6.45, 7) is 1.21. The van der Waals surface area contributed by atoms with Gasteiger partial charge in [-0.25, -0.2) is 0 Å². The van der Waals surface area contributed by atoms with Gasteiger partial charge in [-0.15, -0.1) is 0 Å². The second-order valence-corrected chi connectivity index (χ2v) is 4.77. The van der Waals surface area contributed by atoms with Crippen LogP contribution in [0.2, 0.25) is 6.82 Å². The van der Waals surface area contributed by atoms with Crippen molar-refractivity contribution in [2.75, 3.05) is 0 Å². The van der Waals surface area contributed by atoms with E-state index in [1.54, 1.807) is 31.1 Å². The van der Waals surface area contributed by atoms with Gasteiger partial charge in [0, 0.05) is 11.1 Å². The lowest BCUT2D eigenvalue weighted by molar-refractivity contribution is 0.432. The molecule has 5 nitrogen and oxygen atoms in total. The molecule has 0 atom stereocenters. The third-order valence-electron chi connectivity index (χ3n) is 3.19. The predicted molar refractivity (Wildman–Crippen MR) is 80.3 cm³/mol. The lowest BCUT2D eigenvalue weighted by Crippen LogP contribution is -2.25. The lowest BCUT2D eigenvalue weighted by Gasteiger charge is -2.00. The van der Waals surface area contributed by atoms with Crippen LogP contribution < -0.4 is 5.46 Å². The predicted octanol–water partition coefficient (Wildman–Crippen LogP) is 1.93. The molecule has 0 saturated heterocycles. The SMILES string of the molecule is CB(O)c1ccc(-c2noc(-c3ccc(O)cc3)n2)cc1. The summed E-state index contributed by atoms with van der Waals surface area (Å²) in [5, 5.41) is 22.7. The number of hydrogen-bond acceptors (Lipinski definition) is 5. The van der Waals surface area contributed by atoms with Gasteiger partial charge in [0.2, 0.25) is 5.82 Å². The van der Waals surface area contributed by atoms with Crippen LogP contribution in [0.15, 0.2) is 53.1 Å². The van der Waals surface area contributed by atoms with Crippen molar-refractivity contribution in [3.05, 3.63) is 48.5 Å². The Bertz CT molecular complexity index is 736. The fourth-order valence-electron chi connectivity index (χ4n) is 1.97. The fourth-order valence-corrected chi connectivity index (χ4v) is 1.97. The number of rotatable bonds is 3. The maximum absolute atomic E-state index is 9.49. The summed E-state index contributed by atoms with van der Waals surface area (Å²) in [4.78, 5) is 4.33. The van der Waals surface area contributed by atoms with Crippen molar-refractivity contribution in [2.24, 2.45) is 0 Å². The highest BCUT2D eigenvalue weighted by atomic mass is 16.5. The molecule has 0 amide bonds. The van der Waals surface area contributed by atoms with Crippen molar-refractivity contribution in [3.63, 3.8) is 0 Å². The summed E-state index contributed by atoms with van der Waals surface area (Å²) in [7, 11) is 0. The quantitative estimate of drug-likeness (QED) is 0.716. The minimum Gasteiger partial charge on any atom is -0.508 e. The van der Waals surface area contributed by atoms with Crippen molar-refractivity contribution >= 4 is 12.4 Å². The highest BCUT2D eigenvalue weighted by molar-refractivity contribution is 6.64. The van der Waals surface area contributed by atoms with Gasteiger partial charge in [-0.1, -0.05) is 36.2 Å². The first kappa shape index (κ1) is 13.4. The number of hydrogen-bond donors (Lipinski definition) is 2. The van der Waals surface area contributed by atoms with Crippen LogP contribution in [-0.2, 0) is 0 Å². The van der Waals surface area contributed by atoms with E-state index in [-0.39, 0.29) is 5.75 Å². The van der Waals surface area contributed by atoms with Crippen LogP contribution in [0.1, 0.15) is 0 Å². The molecule has 0 bridgehead atoms. The molecule has 0 aliphatic heterocycles. The summed E-state index contributed by atoms with van der Waals surface area (Å²) in [5.74, 6) is 1.06. The summed E-state index contributed by atoms with van der Waals surface area (Å²) in [6.07, 6.45) is 0. The number of benzene rings is 2. The molecule has 1 heterocycles. The molecule has 2 aromatic carbocycles. The van der Waals surface area contributed by atoms with E-state index >= 15 is 0 Å². The first-order valence-electron chi connectivity index (χ1n) is 6.55. The van der Waals surface area contributed by atoms with Crippen LogP contribution in [0.3, 0.4) is 0 Å². The molecule has 1 aromatic heterocycles. The second kappa shape index (κ2) is 5.42. The number of aromatic hydroxyl groups is 1. The van der Waals surface area contributed by atoms with E-state index < -0.39 is 6.92 Å². The summed E-state index contributed by atoms with van der Waals surface area (Å²) in [6, 6.07) is 13.9. The van der Waals surface area contributed by atoms with Gasteiger partial charge < -0.3 is 14.7 Å². The molecule has 0 spiro atoms. The Morgan fingerprint density at radius 2 is 1.57 bits per heavy atom. The number of phenols is 1. The van der Waals surface area contributed by atoms with Crippen LogP contribution in [0, 0.1) is 0 Å². The molecule has 0 saturated carbocycles. The van der Waals surface area contributed by atoms with Crippen molar-refractivity contribution in [1.29, 1.82) is 0 Å². The molecule has 2 N–H and O–H groups in total. The van der Waals surface area contributed by atoms with Gasteiger partial charge in [-0.3, -0.25) is 0 Å². The highest BCUT2D eigenvalue weighted by Gasteiger charge is 2.12. The monoisotopic (exact) mass is 280 g/mol. The zero-order valence-corrected chi connectivity index (χ0v) is 11.4. The topological polar surface area (TPSA) is 79.4 Å². The minimum absolute atomic E-state index is 0.187. The van der Waals surface area contributed by atoms with Crippen LogP contribution in [-0.4, -0.2) is 27.2 Å². The van der Waals surface area contributed by atoms with E-state index in [1.807, 2.05) is 24.3 Å². The van der Waals surface area contributed by atoms with Crippen molar-refractivity contribution in [1.82, 2.24) is 10.1 Å². The third-order valence-corrected chi connectivity index (χ3v) is 3.19. The van der Waals surface area contributed by atoms with E-state index in [1.165, 1.54) is 0 Å².